The number of nitrogens with two attached hydrogens (primary N) is 1. The number of ether oxygens (including phenoxy) is 1. The van der Waals surface area contributed by atoms with Crippen LogP contribution in [0, 0.1) is 5.92 Å². The molecule has 30 heavy (non-hydrogen) atoms. The highest BCUT2D eigenvalue weighted by atomic mass is 16.5. The van der Waals surface area contributed by atoms with Gasteiger partial charge in [-0.15, -0.1) is 0 Å². The van der Waals surface area contributed by atoms with Gasteiger partial charge >= 0.3 is 0 Å². The number of rotatable bonds is 4. The molecule has 7 heteroatoms. The molecule has 2 aromatic heterocycles. The number of morpholine rings is 1. The van der Waals surface area contributed by atoms with Crippen LogP contribution in [-0.2, 0) is 4.74 Å². The highest BCUT2D eigenvalue weighted by Crippen LogP contribution is 2.44. The van der Waals surface area contributed by atoms with Crippen LogP contribution in [0.15, 0.2) is 18.3 Å². The van der Waals surface area contributed by atoms with Crippen LogP contribution < -0.4 is 15.5 Å². The molecular weight excluding hydrogens is 376 g/mol. The van der Waals surface area contributed by atoms with Crippen molar-refractivity contribution in [3.63, 3.8) is 0 Å². The van der Waals surface area contributed by atoms with Gasteiger partial charge in [-0.05, 0) is 63.0 Å². The second-order valence-corrected chi connectivity index (χ2v) is 9.67. The van der Waals surface area contributed by atoms with Gasteiger partial charge in [0.1, 0.15) is 11.6 Å². The molecule has 2 saturated carbocycles. The molecule has 2 atom stereocenters. The zero-order valence-electron chi connectivity index (χ0n) is 17.8. The summed E-state index contributed by atoms with van der Waals surface area (Å²) >= 11 is 0. The lowest BCUT2D eigenvalue weighted by molar-refractivity contribution is 0.0340. The normalized spacial score (nSPS) is 30.5. The lowest BCUT2D eigenvalue weighted by atomic mass is 9.86. The maximum atomic E-state index is 6.17. The summed E-state index contributed by atoms with van der Waals surface area (Å²) in [5.74, 6) is 3.89. The van der Waals surface area contributed by atoms with Gasteiger partial charge in [-0.25, -0.2) is 9.97 Å². The molecule has 2 aliphatic carbocycles. The second-order valence-electron chi connectivity index (χ2n) is 9.67. The number of aromatic nitrogens is 3. The number of nitrogens with zero attached hydrogens (tertiary/aromatic N) is 5. The molecular formula is C23H30N6O. The van der Waals surface area contributed by atoms with Gasteiger partial charge in [0.25, 0.3) is 0 Å². The van der Waals surface area contributed by atoms with E-state index in [1.807, 2.05) is 6.20 Å². The first-order chi connectivity index (χ1) is 14.5. The van der Waals surface area contributed by atoms with Crippen molar-refractivity contribution in [2.75, 3.05) is 35.2 Å². The molecule has 2 aromatic rings. The zero-order valence-corrected chi connectivity index (χ0v) is 17.8. The topological polar surface area (TPSA) is 80.4 Å². The zero-order chi connectivity index (χ0) is 20.4. The van der Waals surface area contributed by atoms with Crippen LogP contribution in [0.3, 0.4) is 0 Å². The van der Waals surface area contributed by atoms with Crippen molar-refractivity contribution >= 4 is 17.6 Å². The standard InChI is InChI=1S/C23H30N6O/c1-13-12-30-14(2)10-28(13)21-8-20(17-7-19(16-3-4-16)22(24)25-9-17)26-23(27-21)29-11-15-5-18(29)6-15/h7-9,13-16,18H,3-6,10-12H2,1-2H3,(H2,24,25)/t13-,14-,15?,18?/m0/s1. The highest BCUT2D eigenvalue weighted by Gasteiger charge is 2.44. The largest absolute Gasteiger partial charge is 0.383 e. The summed E-state index contributed by atoms with van der Waals surface area (Å²) < 4.78 is 5.85. The van der Waals surface area contributed by atoms with Crippen molar-refractivity contribution in [3.05, 3.63) is 23.9 Å². The maximum Gasteiger partial charge on any atom is 0.228 e. The van der Waals surface area contributed by atoms with E-state index < -0.39 is 0 Å². The number of hydrogen-bond acceptors (Lipinski definition) is 7. The second kappa shape index (κ2) is 6.80. The minimum atomic E-state index is 0.197. The summed E-state index contributed by atoms with van der Waals surface area (Å²) in [5.41, 5.74) is 9.32. The Morgan fingerprint density at radius 1 is 1.07 bits per heavy atom. The van der Waals surface area contributed by atoms with E-state index >= 15 is 0 Å². The van der Waals surface area contributed by atoms with E-state index in [0.717, 1.165) is 48.6 Å². The Bertz CT molecular complexity index is 970. The molecule has 0 amide bonds. The minimum absolute atomic E-state index is 0.197. The van der Waals surface area contributed by atoms with Crippen molar-refractivity contribution in [1.82, 2.24) is 15.0 Å². The molecule has 158 valence electrons. The van der Waals surface area contributed by atoms with E-state index in [2.05, 4.69) is 40.8 Å². The molecule has 0 radical (unpaired) electrons. The number of pyridine rings is 1. The molecule has 7 nitrogen and oxygen atoms in total. The van der Waals surface area contributed by atoms with E-state index in [1.54, 1.807) is 0 Å². The third-order valence-corrected chi connectivity index (χ3v) is 7.23. The van der Waals surface area contributed by atoms with E-state index in [1.165, 1.54) is 31.2 Å². The molecule has 0 unspecified atom stereocenters. The SMILES string of the molecule is C[C@H]1CN(c2cc(-c3cnc(N)c(C4CC4)c3)nc(N3CC4CC3C4)n2)[C@@H](C)CO1. The van der Waals surface area contributed by atoms with Crippen LogP contribution in [-0.4, -0.2) is 52.8 Å². The first-order valence-corrected chi connectivity index (χ1v) is 11.3. The van der Waals surface area contributed by atoms with E-state index in [-0.39, 0.29) is 12.1 Å². The van der Waals surface area contributed by atoms with Gasteiger partial charge in [0.15, 0.2) is 0 Å². The van der Waals surface area contributed by atoms with Gasteiger partial charge in [0.05, 0.1) is 24.4 Å². The van der Waals surface area contributed by atoms with Crippen molar-refractivity contribution < 1.29 is 4.74 Å². The molecule has 5 fully saturated rings. The summed E-state index contributed by atoms with van der Waals surface area (Å²) in [6.07, 6.45) is 7.03. The van der Waals surface area contributed by atoms with E-state index in [9.17, 15) is 0 Å². The fourth-order valence-corrected chi connectivity index (χ4v) is 5.20. The molecule has 0 aromatic carbocycles. The third kappa shape index (κ3) is 3.11. The van der Waals surface area contributed by atoms with Crippen LogP contribution in [0.1, 0.15) is 51.0 Å². The molecule has 5 aliphatic rings. The van der Waals surface area contributed by atoms with Crippen LogP contribution in [0.25, 0.3) is 11.3 Å². The highest BCUT2D eigenvalue weighted by molar-refractivity contribution is 5.68. The number of anilines is 3. The minimum Gasteiger partial charge on any atom is -0.383 e. The third-order valence-electron chi connectivity index (χ3n) is 7.23. The average Bonchev–Trinajstić information content (AvgIpc) is 3.35. The molecule has 2 N–H and O–H groups in total. The summed E-state index contributed by atoms with van der Waals surface area (Å²) in [6.45, 7) is 6.98. The van der Waals surface area contributed by atoms with Crippen molar-refractivity contribution in [3.8, 4) is 11.3 Å². The fraction of sp³-hybridized carbons (Fsp3) is 0.609. The number of hydrogen-bond donors (Lipinski definition) is 1. The van der Waals surface area contributed by atoms with Gasteiger partial charge in [0.2, 0.25) is 5.95 Å². The Hall–Kier alpha value is -2.41. The van der Waals surface area contributed by atoms with E-state index in [4.69, 9.17) is 20.4 Å². The quantitative estimate of drug-likeness (QED) is 0.835. The van der Waals surface area contributed by atoms with Crippen LogP contribution >= 0.6 is 0 Å². The first-order valence-electron chi connectivity index (χ1n) is 11.3. The first kappa shape index (κ1) is 18.4. The Balaban J connectivity index is 1.43. The maximum absolute atomic E-state index is 6.17. The lowest BCUT2D eigenvalue weighted by Gasteiger charge is -2.38. The summed E-state index contributed by atoms with van der Waals surface area (Å²) in [5, 5.41) is 0. The van der Waals surface area contributed by atoms with Crippen molar-refractivity contribution in [2.24, 2.45) is 5.92 Å². The van der Waals surface area contributed by atoms with E-state index in [0.29, 0.717) is 17.8 Å². The van der Waals surface area contributed by atoms with Crippen molar-refractivity contribution in [1.29, 1.82) is 0 Å². The molecule has 0 spiro atoms. The predicted molar refractivity (Wildman–Crippen MR) is 118 cm³/mol. The van der Waals surface area contributed by atoms with Gasteiger partial charge in [-0.3, -0.25) is 0 Å². The molecule has 3 aliphatic heterocycles. The molecule has 3 saturated heterocycles. The molecule has 2 bridgehead atoms. The molecule has 5 heterocycles. The number of fused-ring (bicyclic) bond motifs is 1. The van der Waals surface area contributed by atoms with Gasteiger partial charge in [-0.1, -0.05) is 0 Å². The smallest absolute Gasteiger partial charge is 0.228 e. The Morgan fingerprint density at radius 3 is 2.63 bits per heavy atom. The monoisotopic (exact) mass is 406 g/mol. The Kier molecular flexibility index (Phi) is 4.17. The average molecular weight is 407 g/mol. The van der Waals surface area contributed by atoms with Gasteiger partial charge < -0.3 is 20.3 Å². The predicted octanol–water partition coefficient (Wildman–Crippen LogP) is 3.21. The summed E-state index contributed by atoms with van der Waals surface area (Å²) in [6, 6.07) is 5.22. The summed E-state index contributed by atoms with van der Waals surface area (Å²) in [7, 11) is 0. The van der Waals surface area contributed by atoms with Crippen LogP contribution in [0.4, 0.5) is 17.6 Å². The van der Waals surface area contributed by atoms with Gasteiger partial charge in [0, 0.05) is 37.0 Å². The molecule has 7 rings (SSSR count). The van der Waals surface area contributed by atoms with Crippen LogP contribution in [0.2, 0.25) is 0 Å². The van der Waals surface area contributed by atoms with Crippen molar-refractivity contribution in [2.45, 2.75) is 63.6 Å². The fourth-order valence-electron chi connectivity index (χ4n) is 5.20. The summed E-state index contributed by atoms with van der Waals surface area (Å²) in [4.78, 5) is 19.4. The Labute approximate surface area is 177 Å². The van der Waals surface area contributed by atoms with Gasteiger partial charge in [-0.2, -0.15) is 4.98 Å². The van der Waals surface area contributed by atoms with Crippen LogP contribution in [0.5, 0.6) is 0 Å². The Morgan fingerprint density at radius 2 is 1.90 bits per heavy atom. The lowest BCUT2D eigenvalue weighted by Crippen LogP contribution is -2.48. The number of nitrogen functional groups attached to an aromatic ring is 1.